The van der Waals surface area contributed by atoms with Gasteiger partial charge in [0.25, 0.3) is 0 Å². The number of benzene rings is 1. The number of aromatic hydroxyl groups is 1. The summed E-state index contributed by atoms with van der Waals surface area (Å²) >= 11 is 0. The van der Waals surface area contributed by atoms with Crippen LogP contribution in [0, 0.1) is 0 Å². The first-order valence-electron chi connectivity index (χ1n) is 6.37. The van der Waals surface area contributed by atoms with Crippen LogP contribution in [0.25, 0.3) is 0 Å². The molecule has 1 aromatic rings. The molecule has 0 amide bonds. The molecular weight excluding hydrogens is 244 g/mol. The smallest absolute Gasteiger partial charge is 0.308 e. The first kappa shape index (κ1) is 15.2. The molecule has 0 spiro atoms. The Morgan fingerprint density at radius 1 is 1.32 bits per heavy atom. The molecule has 1 N–H and O–H groups in total. The summed E-state index contributed by atoms with van der Waals surface area (Å²) < 4.78 is 5.27. The first-order valence-corrected chi connectivity index (χ1v) is 6.37. The summed E-state index contributed by atoms with van der Waals surface area (Å²) in [5, 5.41) is 10.0. The number of hydrogen-bond acceptors (Lipinski definition) is 4. The van der Waals surface area contributed by atoms with E-state index in [0.717, 1.165) is 5.56 Å². The van der Waals surface area contributed by atoms with Crippen LogP contribution in [0.3, 0.4) is 0 Å². The number of rotatable bonds is 4. The molecule has 0 aliphatic heterocycles. The molecule has 0 aliphatic carbocycles. The third kappa shape index (κ3) is 3.13. The molecule has 4 heteroatoms. The standard InChI is InChI=1S/C15H20O4/c1-6-11-14(9(4)16)13(18)7-12(8(2)3)15(11)19-10(5)17/h7-8,18H,6H2,1-5H3. The number of Topliss-reactive ketones (excluding diaryl/α,β-unsaturated/α-hetero) is 1. The van der Waals surface area contributed by atoms with Crippen LogP contribution < -0.4 is 4.74 Å². The molecule has 0 saturated heterocycles. The van der Waals surface area contributed by atoms with Gasteiger partial charge in [-0.05, 0) is 25.3 Å². The zero-order chi connectivity index (χ0) is 14.7. The van der Waals surface area contributed by atoms with E-state index >= 15 is 0 Å². The molecule has 0 radical (unpaired) electrons. The van der Waals surface area contributed by atoms with Gasteiger partial charge in [-0.3, -0.25) is 9.59 Å². The number of ketones is 1. The highest BCUT2D eigenvalue weighted by Crippen LogP contribution is 2.38. The SMILES string of the molecule is CCc1c(OC(C)=O)c(C(C)C)cc(O)c1C(C)=O. The van der Waals surface area contributed by atoms with E-state index in [1.807, 2.05) is 20.8 Å². The van der Waals surface area contributed by atoms with Crippen molar-refractivity contribution in [3.05, 3.63) is 22.8 Å². The summed E-state index contributed by atoms with van der Waals surface area (Å²) in [4.78, 5) is 22.9. The van der Waals surface area contributed by atoms with Gasteiger partial charge in [-0.1, -0.05) is 20.8 Å². The van der Waals surface area contributed by atoms with Crippen molar-refractivity contribution in [1.82, 2.24) is 0 Å². The van der Waals surface area contributed by atoms with Crippen molar-refractivity contribution in [2.45, 2.75) is 47.0 Å². The largest absolute Gasteiger partial charge is 0.507 e. The molecular formula is C15H20O4. The van der Waals surface area contributed by atoms with Crippen LogP contribution >= 0.6 is 0 Å². The van der Waals surface area contributed by atoms with E-state index in [0.29, 0.717) is 17.7 Å². The van der Waals surface area contributed by atoms with E-state index in [-0.39, 0.29) is 23.0 Å². The van der Waals surface area contributed by atoms with Crippen LogP contribution in [0.15, 0.2) is 6.07 Å². The molecule has 4 nitrogen and oxygen atoms in total. The topological polar surface area (TPSA) is 63.6 Å². The van der Waals surface area contributed by atoms with E-state index < -0.39 is 5.97 Å². The normalized spacial score (nSPS) is 10.6. The van der Waals surface area contributed by atoms with Crippen molar-refractivity contribution in [3.63, 3.8) is 0 Å². The van der Waals surface area contributed by atoms with Gasteiger partial charge in [-0.15, -0.1) is 0 Å². The molecule has 0 atom stereocenters. The Labute approximate surface area is 113 Å². The maximum atomic E-state index is 11.7. The lowest BCUT2D eigenvalue weighted by Gasteiger charge is -2.19. The van der Waals surface area contributed by atoms with Crippen LogP contribution in [0.5, 0.6) is 11.5 Å². The number of esters is 1. The molecule has 0 aliphatic rings. The van der Waals surface area contributed by atoms with Crippen LogP contribution in [-0.4, -0.2) is 16.9 Å². The fraction of sp³-hybridized carbons (Fsp3) is 0.467. The second-order valence-corrected chi connectivity index (χ2v) is 4.83. The fourth-order valence-corrected chi connectivity index (χ4v) is 2.15. The van der Waals surface area contributed by atoms with Gasteiger partial charge in [0.15, 0.2) is 5.78 Å². The average Bonchev–Trinajstić information content (AvgIpc) is 2.28. The first-order chi connectivity index (χ1) is 8.79. The Balaban J connectivity index is 3.65. The highest BCUT2D eigenvalue weighted by Gasteiger charge is 2.23. The maximum Gasteiger partial charge on any atom is 0.308 e. The molecule has 0 aromatic heterocycles. The number of phenolic OH excluding ortho intramolecular Hbond substituents is 1. The third-order valence-corrected chi connectivity index (χ3v) is 2.96. The fourth-order valence-electron chi connectivity index (χ4n) is 2.15. The maximum absolute atomic E-state index is 11.7. The second kappa shape index (κ2) is 5.87. The molecule has 0 saturated carbocycles. The summed E-state index contributed by atoms with van der Waals surface area (Å²) in [7, 11) is 0. The van der Waals surface area contributed by atoms with E-state index in [9.17, 15) is 14.7 Å². The van der Waals surface area contributed by atoms with Crippen LogP contribution in [0.4, 0.5) is 0 Å². The monoisotopic (exact) mass is 264 g/mol. The molecule has 0 heterocycles. The lowest BCUT2D eigenvalue weighted by Crippen LogP contribution is -2.11. The van der Waals surface area contributed by atoms with Gasteiger partial charge in [0.05, 0.1) is 5.56 Å². The molecule has 0 bridgehead atoms. The molecule has 1 aromatic carbocycles. The molecule has 1 rings (SSSR count). The highest BCUT2D eigenvalue weighted by molar-refractivity contribution is 5.99. The van der Waals surface area contributed by atoms with E-state index in [1.54, 1.807) is 0 Å². The van der Waals surface area contributed by atoms with E-state index in [1.165, 1.54) is 19.9 Å². The molecule has 104 valence electrons. The zero-order valence-electron chi connectivity index (χ0n) is 12.0. The van der Waals surface area contributed by atoms with E-state index in [2.05, 4.69) is 0 Å². The van der Waals surface area contributed by atoms with Crippen molar-refractivity contribution < 1.29 is 19.4 Å². The number of carbonyl (C=O) groups is 2. The van der Waals surface area contributed by atoms with Gasteiger partial charge < -0.3 is 9.84 Å². The quantitative estimate of drug-likeness (QED) is 0.515. The third-order valence-electron chi connectivity index (χ3n) is 2.96. The molecule has 0 unspecified atom stereocenters. The Morgan fingerprint density at radius 3 is 2.26 bits per heavy atom. The van der Waals surface area contributed by atoms with Gasteiger partial charge >= 0.3 is 5.97 Å². The van der Waals surface area contributed by atoms with Gasteiger partial charge in [-0.25, -0.2) is 0 Å². The predicted octanol–water partition coefficient (Wildman–Crippen LogP) is 3.21. The Morgan fingerprint density at radius 2 is 1.89 bits per heavy atom. The number of ether oxygens (including phenoxy) is 1. The lowest BCUT2D eigenvalue weighted by molar-refractivity contribution is -0.132. The van der Waals surface area contributed by atoms with Gasteiger partial charge in [0.2, 0.25) is 0 Å². The Kier molecular flexibility index (Phi) is 4.70. The Bertz CT molecular complexity index is 515. The van der Waals surface area contributed by atoms with Crippen molar-refractivity contribution in [2.24, 2.45) is 0 Å². The van der Waals surface area contributed by atoms with Crippen molar-refractivity contribution in [2.75, 3.05) is 0 Å². The van der Waals surface area contributed by atoms with Gasteiger partial charge in [0.1, 0.15) is 11.5 Å². The zero-order valence-corrected chi connectivity index (χ0v) is 12.0. The summed E-state index contributed by atoms with van der Waals surface area (Å²) in [5.74, 6) is -0.238. The average molecular weight is 264 g/mol. The van der Waals surface area contributed by atoms with Crippen LogP contribution in [-0.2, 0) is 11.2 Å². The van der Waals surface area contributed by atoms with Crippen molar-refractivity contribution in [1.29, 1.82) is 0 Å². The Hall–Kier alpha value is -1.84. The summed E-state index contributed by atoms with van der Waals surface area (Å²) in [6, 6.07) is 1.51. The number of hydrogen-bond donors (Lipinski definition) is 1. The summed E-state index contributed by atoms with van der Waals surface area (Å²) in [6.07, 6.45) is 0.506. The van der Waals surface area contributed by atoms with E-state index in [4.69, 9.17) is 4.74 Å². The van der Waals surface area contributed by atoms with Gasteiger partial charge in [-0.2, -0.15) is 0 Å². The molecule has 0 fully saturated rings. The van der Waals surface area contributed by atoms with Gasteiger partial charge in [0, 0.05) is 18.1 Å². The summed E-state index contributed by atoms with van der Waals surface area (Å²) in [6.45, 7) is 8.45. The van der Waals surface area contributed by atoms with Crippen LogP contribution in [0.2, 0.25) is 0 Å². The highest BCUT2D eigenvalue weighted by atomic mass is 16.5. The molecule has 19 heavy (non-hydrogen) atoms. The van der Waals surface area contributed by atoms with Crippen molar-refractivity contribution in [3.8, 4) is 11.5 Å². The van der Waals surface area contributed by atoms with Crippen LogP contribution in [0.1, 0.15) is 62.0 Å². The summed E-state index contributed by atoms with van der Waals surface area (Å²) in [5.41, 5.74) is 1.56. The minimum Gasteiger partial charge on any atom is -0.507 e. The minimum atomic E-state index is -0.434. The number of carbonyl (C=O) groups excluding carboxylic acids is 2. The van der Waals surface area contributed by atoms with Crippen molar-refractivity contribution >= 4 is 11.8 Å². The lowest BCUT2D eigenvalue weighted by atomic mass is 9.92. The predicted molar refractivity (Wildman–Crippen MR) is 72.9 cm³/mol. The number of phenols is 1. The minimum absolute atomic E-state index is 0.0519. The second-order valence-electron chi connectivity index (χ2n) is 4.83.